The number of methoxy groups -OCH3 is 1. The number of nitrogens with zero attached hydrogens (tertiary/aromatic N) is 1. The summed E-state index contributed by atoms with van der Waals surface area (Å²) in [5.41, 5.74) is 0. The summed E-state index contributed by atoms with van der Waals surface area (Å²) in [6, 6.07) is 2.53. The summed E-state index contributed by atoms with van der Waals surface area (Å²) in [5.74, 6) is -0.487. The molecule has 1 aliphatic rings. The highest BCUT2D eigenvalue weighted by Gasteiger charge is 2.38. The Hall–Kier alpha value is -0.440. The summed E-state index contributed by atoms with van der Waals surface area (Å²) in [4.78, 5) is 11.7. The van der Waals surface area contributed by atoms with Crippen molar-refractivity contribution in [3.8, 4) is 0 Å². The fourth-order valence-corrected chi connectivity index (χ4v) is 5.90. The Kier molecular flexibility index (Phi) is 4.65. The fraction of sp³-hybridized carbons (Fsp3) is 0.545. The molecular weight excluding hydrogens is 354 g/mol. The molecule has 1 saturated heterocycles. The summed E-state index contributed by atoms with van der Waals surface area (Å²) in [6.07, 6.45) is 2.11. The first-order valence-electron chi connectivity index (χ1n) is 5.82. The van der Waals surface area contributed by atoms with Gasteiger partial charge in [0, 0.05) is 6.54 Å². The number of rotatable bonds is 3. The molecule has 0 aromatic carbocycles. The van der Waals surface area contributed by atoms with Crippen molar-refractivity contribution in [2.24, 2.45) is 0 Å². The minimum atomic E-state index is -3.62. The quantitative estimate of drug-likeness (QED) is 0.768. The smallest absolute Gasteiger partial charge is 0.324 e. The van der Waals surface area contributed by atoms with E-state index >= 15 is 0 Å². The van der Waals surface area contributed by atoms with Crippen molar-refractivity contribution in [1.82, 2.24) is 4.31 Å². The Morgan fingerprint density at radius 3 is 2.79 bits per heavy atom. The van der Waals surface area contributed by atoms with Gasteiger partial charge in [0.2, 0.25) is 0 Å². The summed E-state index contributed by atoms with van der Waals surface area (Å²) in [5, 5.41) is 0. The van der Waals surface area contributed by atoms with Crippen LogP contribution < -0.4 is 0 Å². The minimum absolute atomic E-state index is 0.246. The highest BCUT2D eigenvalue weighted by atomic mass is 79.9. The van der Waals surface area contributed by atoms with E-state index in [0.29, 0.717) is 13.0 Å². The normalized spacial score (nSPS) is 21.3. The molecule has 2 rings (SSSR count). The van der Waals surface area contributed by atoms with E-state index in [4.69, 9.17) is 4.74 Å². The largest absolute Gasteiger partial charge is 0.468 e. The Labute approximate surface area is 124 Å². The number of halogens is 1. The van der Waals surface area contributed by atoms with Gasteiger partial charge in [0.25, 0.3) is 10.0 Å². The van der Waals surface area contributed by atoms with Crippen LogP contribution >= 0.6 is 27.3 Å². The van der Waals surface area contributed by atoms with E-state index in [1.807, 2.05) is 0 Å². The van der Waals surface area contributed by atoms with Gasteiger partial charge in [-0.3, -0.25) is 4.79 Å². The molecule has 19 heavy (non-hydrogen) atoms. The van der Waals surface area contributed by atoms with Crippen molar-refractivity contribution >= 4 is 43.3 Å². The summed E-state index contributed by atoms with van der Waals surface area (Å²) in [7, 11) is -2.34. The third kappa shape index (κ3) is 3.01. The molecule has 8 heteroatoms. The number of carbonyl (C=O) groups is 1. The lowest BCUT2D eigenvalue weighted by molar-refractivity contribution is -0.146. The van der Waals surface area contributed by atoms with E-state index in [1.54, 1.807) is 12.1 Å². The first-order valence-corrected chi connectivity index (χ1v) is 8.87. The Balaban J connectivity index is 2.34. The van der Waals surface area contributed by atoms with Gasteiger partial charge in [0.1, 0.15) is 10.3 Å². The molecule has 0 radical (unpaired) electrons. The molecule has 0 spiro atoms. The van der Waals surface area contributed by atoms with Gasteiger partial charge >= 0.3 is 5.97 Å². The zero-order valence-electron chi connectivity index (χ0n) is 10.3. The molecule has 0 unspecified atom stereocenters. The van der Waals surface area contributed by atoms with Gasteiger partial charge in [-0.2, -0.15) is 4.31 Å². The first-order chi connectivity index (χ1) is 8.96. The number of sulfonamides is 1. The van der Waals surface area contributed by atoms with E-state index in [0.717, 1.165) is 28.0 Å². The van der Waals surface area contributed by atoms with Crippen molar-refractivity contribution in [1.29, 1.82) is 0 Å². The Bertz CT molecular complexity index is 569. The molecule has 2 heterocycles. The second-order valence-corrected chi connectivity index (χ2v) is 8.79. The van der Waals surface area contributed by atoms with Crippen LogP contribution in [-0.4, -0.2) is 38.4 Å². The van der Waals surface area contributed by atoms with E-state index in [9.17, 15) is 13.2 Å². The Morgan fingerprint density at radius 1 is 1.47 bits per heavy atom. The number of thiophene rings is 1. The number of hydrogen-bond acceptors (Lipinski definition) is 5. The average Bonchev–Trinajstić information content (AvgIpc) is 2.85. The topological polar surface area (TPSA) is 63.7 Å². The Morgan fingerprint density at radius 2 is 2.21 bits per heavy atom. The van der Waals surface area contributed by atoms with E-state index in [-0.39, 0.29) is 4.21 Å². The number of ether oxygens (including phenoxy) is 1. The molecule has 1 fully saturated rings. The predicted octanol–water partition coefficient (Wildman–Crippen LogP) is 2.23. The van der Waals surface area contributed by atoms with Crippen LogP contribution in [0.1, 0.15) is 19.3 Å². The molecule has 106 valence electrons. The van der Waals surface area contributed by atoms with Gasteiger partial charge in [-0.25, -0.2) is 8.42 Å². The molecule has 0 bridgehead atoms. The van der Waals surface area contributed by atoms with E-state index in [2.05, 4.69) is 15.9 Å². The lowest BCUT2D eigenvalue weighted by atomic mass is 10.1. The number of esters is 1. The third-order valence-corrected chi connectivity index (χ3v) is 7.04. The van der Waals surface area contributed by atoms with Gasteiger partial charge in [-0.05, 0) is 47.3 Å². The van der Waals surface area contributed by atoms with Crippen molar-refractivity contribution in [2.75, 3.05) is 13.7 Å². The zero-order chi connectivity index (χ0) is 14.0. The monoisotopic (exact) mass is 367 g/mol. The number of piperidine rings is 1. The number of hydrogen-bond donors (Lipinski definition) is 0. The first kappa shape index (κ1) is 15.0. The van der Waals surface area contributed by atoms with Crippen LogP contribution in [0.3, 0.4) is 0 Å². The minimum Gasteiger partial charge on any atom is -0.468 e. The molecule has 0 N–H and O–H groups in total. The average molecular weight is 368 g/mol. The van der Waals surface area contributed by atoms with Gasteiger partial charge in [-0.1, -0.05) is 0 Å². The lowest BCUT2D eigenvalue weighted by Crippen LogP contribution is -2.48. The highest BCUT2D eigenvalue weighted by molar-refractivity contribution is 9.11. The summed E-state index contributed by atoms with van der Waals surface area (Å²) in [6.45, 7) is 0.359. The van der Waals surface area contributed by atoms with Crippen LogP contribution in [0.15, 0.2) is 20.1 Å². The van der Waals surface area contributed by atoms with Gasteiger partial charge in [0.15, 0.2) is 0 Å². The maximum absolute atomic E-state index is 12.5. The second-order valence-electron chi connectivity index (χ2n) is 4.21. The SMILES string of the molecule is COC(=O)[C@H]1CCCCN1S(=O)(=O)c1ccc(Br)s1. The summed E-state index contributed by atoms with van der Waals surface area (Å²) < 4.78 is 32.0. The third-order valence-electron chi connectivity index (χ3n) is 3.04. The van der Waals surface area contributed by atoms with Crippen LogP contribution in [0.4, 0.5) is 0 Å². The van der Waals surface area contributed by atoms with Crippen LogP contribution in [-0.2, 0) is 19.6 Å². The maximum atomic E-state index is 12.5. The van der Waals surface area contributed by atoms with Crippen LogP contribution in [0.2, 0.25) is 0 Å². The van der Waals surface area contributed by atoms with Crippen molar-refractivity contribution in [3.05, 3.63) is 15.9 Å². The molecule has 1 aromatic rings. The maximum Gasteiger partial charge on any atom is 0.324 e. The van der Waals surface area contributed by atoms with E-state index in [1.165, 1.54) is 11.4 Å². The zero-order valence-corrected chi connectivity index (χ0v) is 13.6. The molecule has 0 aliphatic carbocycles. The molecule has 0 amide bonds. The molecule has 1 atom stereocenters. The fourth-order valence-electron chi connectivity index (χ4n) is 2.12. The van der Waals surface area contributed by atoms with Crippen LogP contribution in [0.25, 0.3) is 0 Å². The van der Waals surface area contributed by atoms with Crippen molar-refractivity contribution in [3.63, 3.8) is 0 Å². The van der Waals surface area contributed by atoms with Crippen LogP contribution in [0.5, 0.6) is 0 Å². The molecule has 1 aliphatic heterocycles. The molecule has 5 nitrogen and oxygen atoms in total. The molecular formula is C11H14BrNO4S2. The van der Waals surface area contributed by atoms with Gasteiger partial charge in [0.05, 0.1) is 10.9 Å². The van der Waals surface area contributed by atoms with E-state index < -0.39 is 22.0 Å². The predicted molar refractivity (Wildman–Crippen MR) is 75.6 cm³/mol. The standard InChI is InChI=1S/C11H14BrNO4S2/c1-17-11(14)8-4-2-3-7-13(8)19(15,16)10-6-5-9(12)18-10/h5-6,8H,2-4,7H2,1H3/t8-/m1/s1. The van der Waals surface area contributed by atoms with Crippen LogP contribution in [0, 0.1) is 0 Å². The lowest BCUT2D eigenvalue weighted by Gasteiger charge is -2.32. The molecule has 1 aromatic heterocycles. The number of carbonyl (C=O) groups excluding carboxylic acids is 1. The van der Waals surface area contributed by atoms with Gasteiger partial charge in [-0.15, -0.1) is 11.3 Å². The highest BCUT2D eigenvalue weighted by Crippen LogP contribution is 2.32. The summed E-state index contributed by atoms with van der Waals surface area (Å²) >= 11 is 4.39. The second kappa shape index (κ2) is 5.90. The van der Waals surface area contributed by atoms with Gasteiger partial charge < -0.3 is 4.74 Å². The molecule has 0 saturated carbocycles. The van der Waals surface area contributed by atoms with Crippen molar-refractivity contribution < 1.29 is 17.9 Å². The van der Waals surface area contributed by atoms with Crippen molar-refractivity contribution in [2.45, 2.75) is 29.5 Å².